The molecule has 0 spiro atoms. The Morgan fingerprint density at radius 3 is 3.00 bits per heavy atom. The minimum atomic E-state index is 0.830. The summed E-state index contributed by atoms with van der Waals surface area (Å²) in [5.41, 5.74) is 1.30. The van der Waals surface area contributed by atoms with E-state index in [4.69, 9.17) is 0 Å². The first-order valence-electron chi connectivity index (χ1n) is 2.30. The molecule has 0 aromatic carbocycles. The molecule has 0 N–H and O–H groups in total. The first-order valence-corrected chi connectivity index (χ1v) is 2.30. The van der Waals surface area contributed by atoms with Gasteiger partial charge in [-0.2, -0.15) is 0 Å². The van der Waals surface area contributed by atoms with Gasteiger partial charge in [-0.05, 0) is 18.9 Å². The summed E-state index contributed by atoms with van der Waals surface area (Å²) in [6, 6.07) is 0. The fraction of sp³-hybridized carbons (Fsp3) is 0.333. The summed E-state index contributed by atoms with van der Waals surface area (Å²) in [5.74, 6) is 2.74. The summed E-state index contributed by atoms with van der Waals surface area (Å²) in [7, 11) is 0. The average molecular weight is 93.1 g/mol. The fourth-order valence-corrected chi connectivity index (χ4v) is 0.455. The van der Waals surface area contributed by atoms with Gasteiger partial charge >= 0.3 is 0 Å². The van der Waals surface area contributed by atoms with Gasteiger partial charge in [0.2, 0.25) is 0 Å². The highest BCUT2D eigenvalue weighted by Gasteiger charge is 1.84. The lowest BCUT2D eigenvalue weighted by Crippen LogP contribution is -1.83. The average Bonchev–Trinajstić information content (AvgIpc) is 1.69. The lowest BCUT2D eigenvalue weighted by molar-refractivity contribution is 1.14. The minimum absolute atomic E-state index is 0.830. The molecule has 1 heteroatoms. The molecule has 1 rings (SSSR count). The smallest absolute Gasteiger partial charge is 0.0694 e. The standard InChI is InChI=1S/C6H7N/c1-6-3-2-4-7-5-6/h2-3H,5H2,1H3. The Morgan fingerprint density at radius 1 is 1.86 bits per heavy atom. The second-order valence-corrected chi connectivity index (χ2v) is 1.63. The van der Waals surface area contributed by atoms with E-state index in [-0.39, 0.29) is 0 Å². The lowest BCUT2D eigenvalue weighted by Gasteiger charge is -1.91. The number of nitrogens with zero attached hydrogens (tertiary/aromatic N) is 1. The van der Waals surface area contributed by atoms with Crippen molar-refractivity contribution in [2.45, 2.75) is 6.92 Å². The quantitative estimate of drug-likeness (QED) is 0.426. The van der Waals surface area contributed by atoms with Crippen LogP contribution in [0.4, 0.5) is 0 Å². The highest BCUT2D eigenvalue weighted by Crippen LogP contribution is 1.94. The van der Waals surface area contributed by atoms with E-state index < -0.39 is 0 Å². The first-order chi connectivity index (χ1) is 3.39. The normalized spacial score (nSPS) is 17.0. The van der Waals surface area contributed by atoms with Crippen LogP contribution in [0.15, 0.2) is 22.7 Å². The third-order valence-electron chi connectivity index (χ3n) is 0.862. The van der Waals surface area contributed by atoms with E-state index in [0.717, 1.165) is 6.54 Å². The molecule has 0 unspecified atom stereocenters. The maximum absolute atomic E-state index is 3.88. The summed E-state index contributed by atoms with van der Waals surface area (Å²) in [6.07, 6.45) is 3.85. The van der Waals surface area contributed by atoms with Gasteiger partial charge in [-0.25, -0.2) is 4.99 Å². The van der Waals surface area contributed by atoms with Crippen LogP contribution in [0.1, 0.15) is 6.92 Å². The third-order valence-corrected chi connectivity index (χ3v) is 0.862. The van der Waals surface area contributed by atoms with E-state index in [1.165, 1.54) is 5.57 Å². The van der Waals surface area contributed by atoms with E-state index in [1.54, 1.807) is 0 Å². The molecule has 1 nitrogen and oxygen atoms in total. The van der Waals surface area contributed by atoms with Crippen molar-refractivity contribution in [3.8, 4) is 0 Å². The van der Waals surface area contributed by atoms with Crippen LogP contribution in [0, 0.1) is 0 Å². The van der Waals surface area contributed by atoms with Crippen LogP contribution in [0.2, 0.25) is 0 Å². The summed E-state index contributed by atoms with van der Waals surface area (Å²) in [4.78, 5) is 3.88. The number of aliphatic imine (C=N–C) groups is 1. The summed E-state index contributed by atoms with van der Waals surface area (Å²) < 4.78 is 0. The van der Waals surface area contributed by atoms with Crippen LogP contribution >= 0.6 is 0 Å². The zero-order valence-corrected chi connectivity index (χ0v) is 4.31. The van der Waals surface area contributed by atoms with Crippen LogP contribution in [0.3, 0.4) is 0 Å². The van der Waals surface area contributed by atoms with Gasteiger partial charge in [0, 0.05) is 0 Å². The first kappa shape index (κ1) is 4.35. The van der Waals surface area contributed by atoms with Crippen LogP contribution < -0.4 is 0 Å². The fourth-order valence-electron chi connectivity index (χ4n) is 0.455. The Morgan fingerprint density at radius 2 is 2.71 bits per heavy atom. The molecule has 0 radical (unpaired) electrons. The predicted octanol–water partition coefficient (Wildman–Crippen LogP) is 1.17. The number of rotatable bonds is 0. The summed E-state index contributed by atoms with van der Waals surface area (Å²) in [6.45, 7) is 2.89. The van der Waals surface area contributed by atoms with E-state index in [2.05, 4.69) is 17.8 Å². The zero-order valence-electron chi connectivity index (χ0n) is 4.31. The molecular formula is C6H7N. The van der Waals surface area contributed by atoms with E-state index in [0.29, 0.717) is 0 Å². The Labute approximate surface area is 43.1 Å². The molecule has 0 amide bonds. The van der Waals surface area contributed by atoms with Crippen molar-refractivity contribution >= 4 is 5.87 Å². The molecule has 1 heterocycles. The van der Waals surface area contributed by atoms with Gasteiger partial charge in [-0.15, -0.1) is 0 Å². The van der Waals surface area contributed by atoms with Crippen molar-refractivity contribution < 1.29 is 0 Å². The van der Waals surface area contributed by atoms with Crippen molar-refractivity contribution in [2.24, 2.45) is 4.99 Å². The van der Waals surface area contributed by atoms with Crippen LogP contribution in [0.25, 0.3) is 0 Å². The second kappa shape index (κ2) is 1.76. The van der Waals surface area contributed by atoms with Crippen molar-refractivity contribution in [3.05, 3.63) is 17.7 Å². The molecule has 7 heavy (non-hydrogen) atoms. The topological polar surface area (TPSA) is 12.4 Å². The summed E-state index contributed by atoms with van der Waals surface area (Å²) >= 11 is 0. The maximum atomic E-state index is 3.88. The van der Waals surface area contributed by atoms with Gasteiger partial charge in [0.25, 0.3) is 0 Å². The van der Waals surface area contributed by atoms with Crippen LogP contribution in [0.5, 0.6) is 0 Å². The van der Waals surface area contributed by atoms with E-state index >= 15 is 0 Å². The third kappa shape index (κ3) is 1.02. The summed E-state index contributed by atoms with van der Waals surface area (Å²) in [5, 5.41) is 0. The molecule has 0 saturated heterocycles. The molecule has 0 aromatic heterocycles. The number of hydrogen-bond acceptors (Lipinski definition) is 1. The van der Waals surface area contributed by atoms with E-state index in [9.17, 15) is 0 Å². The Kier molecular flexibility index (Phi) is 1.10. The van der Waals surface area contributed by atoms with E-state index in [1.807, 2.05) is 12.2 Å². The molecule has 0 saturated carbocycles. The second-order valence-electron chi connectivity index (χ2n) is 1.63. The van der Waals surface area contributed by atoms with Crippen molar-refractivity contribution in [1.29, 1.82) is 0 Å². The molecule has 1 aliphatic rings. The number of hydrogen-bond donors (Lipinski definition) is 0. The maximum Gasteiger partial charge on any atom is 0.0694 e. The SMILES string of the molecule is CC1=CC=C=NC1. The number of allylic oxidation sites excluding steroid dienone is 2. The lowest BCUT2D eigenvalue weighted by atomic mass is 10.2. The molecular weight excluding hydrogens is 86.1 g/mol. The molecule has 1 aliphatic heterocycles. The predicted molar refractivity (Wildman–Crippen MR) is 30.6 cm³/mol. The van der Waals surface area contributed by atoms with Gasteiger partial charge in [0.1, 0.15) is 0 Å². The minimum Gasteiger partial charge on any atom is -0.239 e. The van der Waals surface area contributed by atoms with Gasteiger partial charge < -0.3 is 0 Å². The van der Waals surface area contributed by atoms with Crippen molar-refractivity contribution in [1.82, 2.24) is 0 Å². The highest BCUT2D eigenvalue weighted by molar-refractivity contribution is 5.57. The monoisotopic (exact) mass is 93.1 g/mol. The van der Waals surface area contributed by atoms with Crippen molar-refractivity contribution in [2.75, 3.05) is 6.54 Å². The largest absolute Gasteiger partial charge is 0.239 e. The van der Waals surface area contributed by atoms with Crippen molar-refractivity contribution in [3.63, 3.8) is 0 Å². The molecule has 0 fully saturated rings. The van der Waals surface area contributed by atoms with Gasteiger partial charge in [-0.3, -0.25) is 0 Å². The Hall–Kier alpha value is -0.810. The molecule has 0 atom stereocenters. The molecule has 0 bridgehead atoms. The van der Waals surface area contributed by atoms with Crippen LogP contribution in [-0.2, 0) is 0 Å². The highest BCUT2D eigenvalue weighted by atomic mass is 14.7. The zero-order chi connectivity index (χ0) is 5.11. The van der Waals surface area contributed by atoms with Gasteiger partial charge in [0.05, 0.1) is 6.54 Å². The molecule has 36 valence electrons. The Balaban J connectivity index is 2.77. The van der Waals surface area contributed by atoms with Crippen LogP contribution in [-0.4, -0.2) is 12.4 Å². The Bertz CT molecular complexity index is 148. The van der Waals surface area contributed by atoms with Gasteiger partial charge in [-0.1, -0.05) is 11.6 Å². The molecule has 0 aromatic rings. The molecule has 0 aliphatic carbocycles. The van der Waals surface area contributed by atoms with Gasteiger partial charge in [0.15, 0.2) is 0 Å².